The van der Waals surface area contributed by atoms with E-state index in [2.05, 4.69) is 30.8 Å². The molecule has 1 amide bonds. The van der Waals surface area contributed by atoms with Crippen LogP contribution in [0.15, 0.2) is 5.38 Å². The van der Waals surface area contributed by atoms with Gasteiger partial charge in [0.15, 0.2) is 0 Å². The Morgan fingerprint density at radius 3 is 2.65 bits per heavy atom. The van der Waals surface area contributed by atoms with Crippen molar-refractivity contribution in [3.63, 3.8) is 0 Å². The predicted molar refractivity (Wildman–Crippen MR) is 81.7 cm³/mol. The van der Waals surface area contributed by atoms with Gasteiger partial charge in [0.1, 0.15) is 5.01 Å². The molecule has 1 aliphatic heterocycles. The second kappa shape index (κ2) is 6.65. The van der Waals surface area contributed by atoms with Gasteiger partial charge in [0, 0.05) is 31.6 Å². The first-order chi connectivity index (χ1) is 9.47. The molecule has 1 fully saturated rings. The maximum absolute atomic E-state index is 12.2. The Kier molecular flexibility index (Phi) is 5.12. The van der Waals surface area contributed by atoms with Gasteiger partial charge in [-0.15, -0.1) is 11.3 Å². The van der Waals surface area contributed by atoms with Crippen LogP contribution in [0, 0.1) is 5.92 Å². The van der Waals surface area contributed by atoms with Gasteiger partial charge in [-0.05, 0) is 13.0 Å². The van der Waals surface area contributed by atoms with Crippen molar-refractivity contribution in [2.45, 2.75) is 26.3 Å². The first-order valence-corrected chi connectivity index (χ1v) is 8.01. The van der Waals surface area contributed by atoms with E-state index in [-0.39, 0.29) is 11.9 Å². The highest BCUT2D eigenvalue weighted by Crippen LogP contribution is 2.22. The number of nitrogens with two attached hydrogens (primary N) is 1. The number of carbonyl (C=O) groups is 1. The van der Waals surface area contributed by atoms with Gasteiger partial charge >= 0.3 is 0 Å². The van der Waals surface area contributed by atoms with E-state index < -0.39 is 0 Å². The number of carbonyl (C=O) groups excluding carboxylic acids is 1. The minimum atomic E-state index is -0.0347. The number of hydrogen-bond acceptors (Lipinski definition) is 5. The molecule has 20 heavy (non-hydrogen) atoms. The van der Waals surface area contributed by atoms with Gasteiger partial charge in [0.2, 0.25) is 5.91 Å². The Bertz CT molecular complexity index is 452. The highest BCUT2D eigenvalue weighted by molar-refractivity contribution is 7.09. The Balaban J connectivity index is 1.91. The zero-order valence-corrected chi connectivity index (χ0v) is 13.3. The molecule has 1 aliphatic rings. The van der Waals surface area contributed by atoms with Gasteiger partial charge in [-0.3, -0.25) is 4.79 Å². The molecule has 1 aromatic rings. The van der Waals surface area contributed by atoms with Crippen LogP contribution < -0.4 is 5.73 Å². The number of hydrogen-bond donors (Lipinski definition) is 1. The van der Waals surface area contributed by atoms with Crippen LogP contribution in [-0.2, 0) is 11.2 Å². The van der Waals surface area contributed by atoms with Crippen LogP contribution in [0.5, 0.6) is 0 Å². The summed E-state index contributed by atoms with van der Waals surface area (Å²) in [6.45, 7) is 7.70. The van der Waals surface area contributed by atoms with Crippen molar-refractivity contribution in [2.75, 3.05) is 33.2 Å². The third kappa shape index (κ3) is 3.77. The zero-order chi connectivity index (χ0) is 14.7. The molecule has 5 nitrogen and oxygen atoms in total. The summed E-state index contributed by atoms with van der Waals surface area (Å²) in [5.41, 5.74) is 6.94. The number of amides is 1. The highest BCUT2D eigenvalue weighted by Gasteiger charge is 2.21. The van der Waals surface area contributed by atoms with E-state index in [1.165, 1.54) is 0 Å². The minimum absolute atomic E-state index is 0.0347. The maximum atomic E-state index is 12.2. The number of aromatic nitrogens is 1. The van der Waals surface area contributed by atoms with E-state index in [9.17, 15) is 4.79 Å². The van der Waals surface area contributed by atoms with E-state index in [0.717, 1.165) is 36.9 Å². The summed E-state index contributed by atoms with van der Waals surface area (Å²) >= 11 is 1.56. The van der Waals surface area contributed by atoms with E-state index in [4.69, 9.17) is 5.73 Å². The molecule has 0 aromatic carbocycles. The Hall–Kier alpha value is -0.980. The van der Waals surface area contributed by atoms with Crippen molar-refractivity contribution in [1.29, 1.82) is 0 Å². The molecular formula is C14H24N4OS. The summed E-state index contributed by atoms with van der Waals surface area (Å²) in [4.78, 5) is 20.9. The molecule has 1 saturated heterocycles. The molecule has 0 spiro atoms. The lowest BCUT2D eigenvalue weighted by molar-refractivity contribution is -0.132. The topological polar surface area (TPSA) is 62.5 Å². The molecule has 6 heteroatoms. The molecule has 0 radical (unpaired) electrons. The fourth-order valence-corrected chi connectivity index (χ4v) is 3.16. The molecular weight excluding hydrogens is 272 g/mol. The van der Waals surface area contributed by atoms with Crippen molar-refractivity contribution in [3.05, 3.63) is 16.1 Å². The van der Waals surface area contributed by atoms with Crippen LogP contribution in [0.1, 0.15) is 30.6 Å². The maximum Gasteiger partial charge on any atom is 0.228 e. The summed E-state index contributed by atoms with van der Waals surface area (Å²) < 4.78 is 0. The summed E-state index contributed by atoms with van der Waals surface area (Å²) in [7, 11) is 2.09. The number of thiazole rings is 1. The lowest BCUT2D eigenvalue weighted by atomic mass is 10.1. The summed E-state index contributed by atoms with van der Waals surface area (Å²) in [5, 5.41) is 2.90. The number of rotatable bonds is 4. The fraction of sp³-hybridized carbons (Fsp3) is 0.714. The Morgan fingerprint density at radius 1 is 1.40 bits per heavy atom. The van der Waals surface area contributed by atoms with Crippen molar-refractivity contribution in [1.82, 2.24) is 14.8 Å². The third-order valence-electron chi connectivity index (χ3n) is 3.76. The first-order valence-electron chi connectivity index (χ1n) is 7.13. The molecule has 2 N–H and O–H groups in total. The van der Waals surface area contributed by atoms with Crippen LogP contribution in [0.25, 0.3) is 0 Å². The summed E-state index contributed by atoms with van der Waals surface area (Å²) in [6.07, 6.45) is 0.394. The van der Waals surface area contributed by atoms with Crippen molar-refractivity contribution in [3.8, 4) is 0 Å². The van der Waals surface area contributed by atoms with Crippen molar-refractivity contribution >= 4 is 17.2 Å². The molecule has 0 saturated carbocycles. The molecule has 0 aliphatic carbocycles. The molecule has 112 valence electrons. The molecule has 2 heterocycles. The number of piperazine rings is 1. The summed E-state index contributed by atoms with van der Waals surface area (Å²) in [6, 6.07) is -0.0347. The van der Waals surface area contributed by atoms with Gasteiger partial charge in [-0.25, -0.2) is 4.98 Å². The third-order valence-corrected chi connectivity index (χ3v) is 4.76. The van der Waals surface area contributed by atoms with Gasteiger partial charge in [0.25, 0.3) is 0 Å². The highest BCUT2D eigenvalue weighted by atomic mass is 32.1. The quantitative estimate of drug-likeness (QED) is 0.904. The van der Waals surface area contributed by atoms with Crippen LogP contribution in [0.3, 0.4) is 0 Å². The second-order valence-electron chi connectivity index (χ2n) is 5.81. The number of nitrogens with zero attached hydrogens (tertiary/aromatic N) is 3. The van der Waals surface area contributed by atoms with Gasteiger partial charge < -0.3 is 15.5 Å². The first kappa shape index (κ1) is 15.4. The van der Waals surface area contributed by atoms with Crippen LogP contribution in [0.4, 0.5) is 0 Å². The monoisotopic (exact) mass is 296 g/mol. The average Bonchev–Trinajstić information content (AvgIpc) is 2.86. The van der Waals surface area contributed by atoms with Gasteiger partial charge in [-0.1, -0.05) is 13.8 Å². The van der Waals surface area contributed by atoms with E-state index >= 15 is 0 Å². The Labute approximate surface area is 124 Å². The fourth-order valence-electron chi connectivity index (χ4n) is 2.16. The second-order valence-corrected chi connectivity index (χ2v) is 6.70. The number of likely N-dealkylation sites (N-methyl/N-ethyl adjacent to an activating group) is 1. The smallest absolute Gasteiger partial charge is 0.228 e. The molecule has 1 unspecified atom stereocenters. The van der Waals surface area contributed by atoms with Crippen molar-refractivity contribution in [2.24, 2.45) is 11.7 Å². The summed E-state index contributed by atoms with van der Waals surface area (Å²) in [5.74, 6) is 0.537. The van der Waals surface area contributed by atoms with E-state index in [1.54, 1.807) is 11.3 Å². The molecule has 2 rings (SSSR count). The molecule has 0 bridgehead atoms. The SMILES string of the molecule is CC(C)C(N)c1nc(CC(=O)N2CCN(C)CC2)cs1. The van der Waals surface area contributed by atoms with Gasteiger partial charge in [-0.2, -0.15) is 0 Å². The van der Waals surface area contributed by atoms with Crippen LogP contribution >= 0.6 is 11.3 Å². The molecule has 1 aromatic heterocycles. The van der Waals surface area contributed by atoms with Gasteiger partial charge in [0.05, 0.1) is 18.2 Å². The average molecular weight is 296 g/mol. The van der Waals surface area contributed by atoms with E-state index in [1.807, 2.05) is 10.3 Å². The standard InChI is InChI=1S/C14H24N4OS/c1-10(2)13(15)14-16-11(9-20-14)8-12(19)18-6-4-17(3)5-7-18/h9-10,13H,4-8,15H2,1-3H3. The normalized spacial score (nSPS) is 18.6. The predicted octanol–water partition coefficient (Wildman–Crippen LogP) is 1.12. The zero-order valence-electron chi connectivity index (χ0n) is 12.5. The minimum Gasteiger partial charge on any atom is -0.340 e. The van der Waals surface area contributed by atoms with E-state index in [0.29, 0.717) is 12.3 Å². The largest absolute Gasteiger partial charge is 0.340 e. The lowest BCUT2D eigenvalue weighted by Gasteiger charge is -2.32. The lowest BCUT2D eigenvalue weighted by Crippen LogP contribution is -2.47. The van der Waals surface area contributed by atoms with Crippen LogP contribution in [0.2, 0.25) is 0 Å². The Morgan fingerprint density at radius 2 is 2.05 bits per heavy atom. The van der Waals surface area contributed by atoms with Crippen LogP contribution in [-0.4, -0.2) is 53.9 Å². The molecule has 1 atom stereocenters. The van der Waals surface area contributed by atoms with Crippen molar-refractivity contribution < 1.29 is 4.79 Å².